The Labute approximate surface area is 166 Å². The fourth-order valence-corrected chi connectivity index (χ4v) is 3.38. The number of thiophene rings is 1. The molecule has 0 aliphatic carbocycles. The summed E-state index contributed by atoms with van der Waals surface area (Å²) in [6.07, 6.45) is 0.408. The molecular weight excluding hydrogens is 356 g/mol. The summed E-state index contributed by atoms with van der Waals surface area (Å²) in [4.78, 5) is 18.0. The highest BCUT2D eigenvalue weighted by atomic mass is 32.1. The Kier molecular flexibility index (Phi) is 8.33. The van der Waals surface area contributed by atoms with E-state index in [-0.39, 0.29) is 11.3 Å². The molecule has 0 aliphatic rings. The second-order valence-electron chi connectivity index (χ2n) is 7.00. The largest absolute Gasteiger partial charge is 0.357 e. The first kappa shape index (κ1) is 21.0. The van der Waals surface area contributed by atoms with Crippen molar-refractivity contribution in [2.75, 3.05) is 19.6 Å². The first-order valence-corrected chi connectivity index (χ1v) is 10.3. The van der Waals surface area contributed by atoms with Gasteiger partial charge in [-0.15, -0.1) is 11.3 Å². The van der Waals surface area contributed by atoms with Gasteiger partial charge in [-0.2, -0.15) is 0 Å². The lowest BCUT2D eigenvalue weighted by atomic mass is 9.92. The van der Waals surface area contributed by atoms with Crippen molar-refractivity contribution < 1.29 is 4.79 Å². The molecule has 2 rings (SSSR count). The van der Waals surface area contributed by atoms with Crippen LogP contribution in [0.2, 0.25) is 0 Å². The van der Waals surface area contributed by atoms with Crippen molar-refractivity contribution in [1.29, 1.82) is 0 Å². The van der Waals surface area contributed by atoms with Crippen LogP contribution in [0.1, 0.15) is 37.6 Å². The summed E-state index contributed by atoms with van der Waals surface area (Å²) in [6.45, 7) is 9.00. The van der Waals surface area contributed by atoms with E-state index in [0.29, 0.717) is 26.1 Å². The molecule has 0 unspecified atom stereocenters. The van der Waals surface area contributed by atoms with Crippen LogP contribution in [0.4, 0.5) is 0 Å². The summed E-state index contributed by atoms with van der Waals surface area (Å²) in [6, 6.07) is 14.1. The SMILES string of the molecule is CCNC(=NCC(C)(C)c1cccs1)NCCC(=O)NCc1ccccc1. The number of nitrogens with one attached hydrogen (secondary N) is 3. The second kappa shape index (κ2) is 10.7. The Morgan fingerprint density at radius 1 is 1.07 bits per heavy atom. The Bertz CT molecular complexity index is 711. The zero-order valence-corrected chi connectivity index (χ0v) is 17.2. The van der Waals surface area contributed by atoms with Crippen molar-refractivity contribution in [3.05, 3.63) is 58.3 Å². The number of carbonyl (C=O) groups excluding carboxylic acids is 1. The molecule has 3 N–H and O–H groups in total. The molecule has 27 heavy (non-hydrogen) atoms. The highest BCUT2D eigenvalue weighted by Crippen LogP contribution is 2.27. The number of guanidine groups is 1. The average molecular weight is 387 g/mol. The van der Waals surface area contributed by atoms with Crippen molar-refractivity contribution in [3.63, 3.8) is 0 Å². The Hall–Kier alpha value is -2.34. The van der Waals surface area contributed by atoms with Gasteiger partial charge in [-0.3, -0.25) is 9.79 Å². The maximum atomic E-state index is 12.0. The van der Waals surface area contributed by atoms with Crippen LogP contribution in [0.15, 0.2) is 52.8 Å². The van der Waals surface area contributed by atoms with Gasteiger partial charge in [0.25, 0.3) is 0 Å². The summed E-state index contributed by atoms with van der Waals surface area (Å²) in [5.74, 6) is 0.777. The quantitative estimate of drug-likeness (QED) is 0.458. The van der Waals surface area contributed by atoms with Gasteiger partial charge in [0.1, 0.15) is 0 Å². The molecule has 146 valence electrons. The molecule has 0 spiro atoms. The van der Waals surface area contributed by atoms with Gasteiger partial charge in [-0.25, -0.2) is 0 Å². The summed E-state index contributed by atoms with van der Waals surface area (Å²) >= 11 is 1.76. The third-order valence-corrected chi connectivity index (χ3v) is 5.38. The van der Waals surface area contributed by atoms with E-state index in [4.69, 9.17) is 4.99 Å². The van der Waals surface area contributed by atoms with Gasteiger partial charge >= 0.3 is 0 Å². The number of hydrogen-bond acceptors (Lipinski definition) is 3. The van der Waals surface area contributed by atoms with Gasteiger partial charge in [0.05, 0.1) is 6.54 Å². The Morgan fingerprint density at radius 2 is 1.85 bits per heavy atom. The molecule has 0 saturated carbocycles. The van der Waals surface area contributed by atoms with Gasteiger partial charge in [0, 0.05) is 36.3 Å². The molecule has 0 saturated heterocycles. The van der Waals surface area contributed by atoms with Crippen LogP contribution in [0.5, 0.6) is 0 Å². The van der Waals surface area contributed by atoms with Gasteiger partial charge in [0.2, 0.25) is 5.91 Å². The van der Waals surface area contributed by atoms with Gasteiger partial charge in [-0.1, -0.05) is 50.2 Å². The number of rotatable bonds is 9. The second-order valence-corrected chi connectivity index (χ2v) is 7.94. The molecule has 0 radical (unpaired) electrons. The summed E-state index contributed by atoms with van der Waals surface area (Å²) < 4.78 is 0. The van der Waals surface area contributed by atoms with Crippen molar-refractivity contribution in [2.24, 2.45) is 4.99 Å². The zero-order chi connectivity index (χ0) is 19.5. The van der Waals surface area contributed by atoms with Gasteiger partial charge in [-0.05, 0) is 23.9 Å². The lowest BCUT2D eigenvalue weighted by Crippen LogP contribution is -2.40. The fraction of sp³-hybridized carbons (Fsp3) is 0.429. The van der Waals surface area contributed by atoms with Crippen LogP contribution in [-0.4, -0.2) is 31.5 Å². The molecule has 0 fully saturated rings. The number of carbonyl (C=O) groups is 1. The Balaban J connectivity index is 1.77. The van der Waals surface area contributed by atoms with Crippen LogP contribution in [-0.2, 0) is 16.8 Å². The van der Waals surface area contributed by atoms with Crippen molar-refractivity contribution >= 4 is 23.2 Å². The third-order valence-electron chi connectivity index (χ3n) is 4.14. The third kappa shape index (κ3) is 7.43. The fourth-order valence-electron chi connectivity index (χ4n) is 2.54. The predicted molar refractivity (Wildman–Crippen MR) is 114 cm³/mol. The molecule has 1 aromatic heterocycles. The minimum Gasteiger partial charge on any atom is -0.357 e. The van der Waals surface area contributed by atoms with Gasteiger partial charge < -0.3 is 16.0 Å². The molecule has 2 aromatic rings. The van der Waals surface area contributed by atoms with E-state index in [1.165, 1.54) is 4.88 Å². The van der Waals surface area contributed by atoms with E-state index in [0.717, 1.165) is 18.1 Å². The summed E-state index contributed by atoms with van der Waals surface area (Å²) in [7, 11) is 0. The molecule has 6 heteroatoms. The first-order chi connectivity index (χ1) is 13.0. The van der Waals surface area contributed by atoms with Crippen molar-refractivity contribution in [2.45, 2.75) is 39.2 Å². The minimum atomic E-state index is -0.0103. The van der Waals surface area contributed by atoms with E-state index in [2.05, 4.69) is 47.3 Å². The Morgan fingerprint density at radius 3 is 2.52 bits per heavy atom. The van der Waals surface area contributed by atoms with E-state index >= 15 is 0 Å². The lowest BCUT2D eigenvalue weighted by Gasteiger charge is -2.21. The van der Waals surface area contributed by atoms with E-state index < -0.39 is 0 Å². The maximum absolute atomic E-state index is 12.0. The smallest absolute Gasteiger partial charge is 0.222 e. The van der Waals surface area contributed by atoms with Crippen LogP contribution in [0.25, 0.3) is 0 Å². The molecular formula is C21H30N4OS. The van der Waals surface area contributed by atoms with Crippen molar-refractivity contribution in [3.8, 4) is 0 Å². The lowest BCUT2D eigenvalue weighted by molar-refractivity contribution is -0.121. The number of benzene rings is 1. The average Bonchev–Trinajstić information content (AvgIpc) is 3.21. The molecule has 0 aliphatic heterocycles. The number of aliphatic imine (C=N–C) groups is 1. The van der Waals surface area contributed by atoms with E-state index in [9.17, 15) is 4.79 Å². The standard InChI is InChI=1S/C21H30N4OS/c1-4-22-20(25-16-21(2,3)18-11-8-14-27-18)23-13-12-19(26)24-15-17-9-6-5-7-10-17/h5-11,14H,4,12-13,15-16H2,1-3H3,(H,24,26)(H2,22,23,25). The number of hydrogen-bond donors (Lipinski definition) is 3. The number of amides is 1. The molecule has 5 nitrogen and oxygen atoms in total. The zero-order valence-electron chi connectivity index (χ0n) is 16.4. The normalized spacial score (nSPS) is 11.9. The van der Waals surface area contributed by atoms with Crippen LogP contribution in [0, 0.1) is 0 Å². The monoisotopic (exact) mass is 386 g/mol. The highest BCUT2D eigenvalue weighted by molar-refractivity contribution is 7.10. The van der Waals surface area contributed by atoms with E-state index in [1.54, 1.807) is 11.3 Å². The molecule has 1 amide bonds. The number of nitrogens with zero attached hydrogens (tertiary/aromatic N) is 1. The van der Waals surface area contributed by atoms with E-state index in [1.807, 2.05) is 37.3 Å². The molecule has 1 aromatic carbocycles. The van der Waals surface area contributed by atoms with Crippen molar-refractivity contribution in [1.82, 2.24) is 16.0 Å². The van der Waals surface area contributed by atoms with Crippen LogP contribution < -0.4 is 16.0 Å². The predicted octanol–water partition coefficient (Wildman–Crippen LogP) is 3.29. The molecule has 1 heterocycles. The van der Waals surface area contributed by atoms with Crippen LogP contribution >= 0.6 is 11.3 Å². The topological polar surface area (TPSA) is 65.5 Å². The van der Waals surface area contributed by atoms with Gasteiger partial charge in [0.15, 0.2) is 5.96 Å². The summed E-state index contributed by atoms with van der Waals surface area (Å²) in [5, 5.41) is 11.5. The molecule has 0 atom stereocenters. The van der Waals surface area contributed by atoms with Crippen LogP contribution in [0.3, 0.4) is 0 Å². The highest BCUT2D eigenvalue weighted by Gasteiger charge is 2.21. The first-order valence-electron chi connectivity index (χ1n) is 9.38. The minimum absolute atomic E-state index is 0.0103. The summed E-state index contributed by atoms with van der Waals surface area (Å²) in [5.41, 5.74) is 1.09. The maximum Gasteiger partial charge on any atom is 0.222 e. The molecule has 0 bridgehead atoms.